The number of nitrogens with one attached hydrogen (secondary N) is 2. The average Bonchev–Trinajstić information content (AvgIpc) is 2.53. The molecule has 1 atom stereocenters. The molecular formula is C17H26N2O4. The van der Waals surface area contributed by atoms with E-state index in [1.807, 2.05) is 13.8 Å². The van der Waals surface area contributed by atoms with E-state index in [1.54, 1.807) is 31.4 Å². The van der Waals surface area contributed by atoms with E-state index in [0.29, 0.717) is 18.8 Å². The van der Waals surface area contributed by atoms with Gasteiger partial charge in [0.1, 0.15) is 0 Å². The minimum atomic E-state index is -0.323. The van der Waals surface area contributed by atoms with Crippen molar-refractivity contribution in [2.45, 2.75) is 32.7 Å². The van der Waals surface area contributed by atoms with Gasteiger partial charge in [-0.1, -0.05) is 13.3 Å². The first-order valence-electron chi connectivity index (χ1n) is 7.86. The zero-order chi connectivity index (χ0) is 17.1. The van der Waals surface area contributed by atoms with Crippen molar-refractivity contribution in [1.82, 2.24) is 5.32 Å². The van der Waals surface area contributed by atoms with Crippen molar-refractivity contribution in [1.29, 1.82) is 0 Å². The molecule has 6 heteroatoms. The van der Waals surface area contributed by atoms with E-state index in [0.717, 1.165) is 18.5 Å². The lowest BCUT2D eigenvalue weighted by molar-refractivity contribution is -0.120. The Morgan fingerprint density at radius 3 is 2.52 bits per heavy atom. The lowest BCUT2D eigenvalue weighted by atomic mass is 10.2. The fourth-order valence-electron chi connectivity index (χ4n) is 1.92. The SMILES string of the molecule is CCCCOC(=O)c1ccc(NCC(=O)NC(C)COC)cc1. The van der Waals surface area contributed by atoms with Crippen LogP contribution in [0.2, 0.25) is 0 Å². The van der Waals surface area contributed by atoms with Gasteiger partial charge < -0.3 is 20.1 Å². The third-order valence-electron chi connectivity index (χ3n) is 3.13. The van der Waals surface area contributed by atoms with Gasteiger partial charge in [-0.25, -0.2) is 4.79 Å². The maximum absolute atomic E-state index is 11.8. The van der Waals surface area contributed by atoms with Crippen molar-refractivity contribution in [3.8, 4) is 0 Å². The van der Waals surface area contributed by atoms with Gasteiger partial charge in [0.15, 0.2) is 0 Å². The van der Waals surface area contributed by atoms with Crippen molar-refractivity contribution in [2.75, 3.05) is 32.2 Å². The van der Waals surface area contributed by atoms with Gasteiger partial charge in [0.25, 0.3) is 0 Å². The first-order chi connectivity index (χ1) is 11.1. The number of anilines is 1. The summed E-state index contributed by atoms with van der Waals surface area (Å²) in [6, 6.07) is 6.84. The highest BCUT2D eigenvalue weighted by Crippen LogP contribution is 2.10. The molecule has 1 aromatic carbocycles. The normalized spacial score (nSPS) is 11.6. The molecule has 0 aliphatic heterocycles. The fourth-order valence-corrected chi connectivity index (χ4v) is 1.92. The Hall–Kier alpha value is -2.08. The number of unbranched alkanes of at least 4 members (excludes halogenated alkanes) is 1. The standard InChI is InChI=1S/C17H26N2O4/c1-4-5-10-23-17(21)14-6-8-15(9-7-14)18-11-16(20)19-13(2)12-22-3/h6-9,13,18H,4-5,10-12H2,1-3H3,(H,19,20). The Bertz CT molecular complexity index is 488. The Balaban J connectivity index is 2.39. The summed E-state index contributed by atoms with van der Waals surface area (Å²) in [5.41, 5.74) is 1.27. The first kappa shape index (κ1) is 19.0. The summed E-state index contributed by atoms with van der Waals surface area (Å²) in [5.74, 6) is -0.436. The molecule has 0 fully saturated rings. The summed E-state index contributed by atoms with van der Waals surface area (Å²) in [7, 11) is 1.59. The van der Waals surface area contributed by atoms with Gasteiger partial charge in [-0.15, -0.1) is 0 Å². The molecule has 1 rings (SSSR count). The number of benzene rings is 1. The van der Waals surface area contributed by atoms with Crippen LogP contribution in [0.1, 0.15) is 37.0 Å². The van der Waals surface area contributed by atoms with E-state index >= 15 is 0 Å². The molecule has 0 saturated heterocycles. The maximum Gasteiger partial charge on any atom is 0.338 e. The highest BCUT2D eigenvalue weighted by molar-refractivity contribution is 5.90. The molecule has 1 unspecified atom stereocenters. The summed E-state index contributed by atoms with van der Waals surface area (Å²) in [4.78, 5) is 23.5. The smallest absolute Gasteiger partial charge is 0.338 e. The predicted molar refractivity (Wildman–Crippen MR) is 89.6 cm³/mol. The van der Waals surface area contributed by atoms with Crippen molar-refractivity contribution in [2.24, 2.45) is 0 Å². The second-order valence-electron chi connectivity index (χ2n) is 5.34. The van der Waals surface area contributed by atoms with Gasteiger partial charge in [0.2, 0.25) is 5.91 Å². The van der Waals surface area contributed by atoms with Gasteiger partial charge in [-0.2, -0.15) is 0 Å². The van der Waals surface area contributed by atoms with Crippen LogP contribution < -0.4 is 10.6 Å². The zero-order valence-corrected chi connectivity index (χ0v) is 14.1. The average molecular weight is 322 g/mol. The highest BCUT2D eigenvalue weighted by atomic mass is 16.5. The number of hydrogen-bond donors (Lipinski definition) is 2. The lowest BCUT2D eigenvalue weighted by Crippen LogP contribution is -2.39. The van der Waals surface area contributed by atoms with Crippen molar-refractivity contribution in [3.05, 3.63) is 29.8 Å². The molecule has 2 N–H and O–H groups in total. The van der Waals surface area contributed by atoms with Crippen molar-refractivity contribution < 1.29 is 19.1 Å². The number of hydrogen-bond acceptors (Lipinski definition) is 5. The summed E-state index contributed by atoms with van der Waals surface area (Å²) < 4.78 is 10.1. The first-order valence-corrected chi connectivity index (χ1v) is 7.86. The Labute approximate surface area is 137 Å². The van der Waals surface area contributed by atoms with Gasteiger partial charge in [0.05, 0.1) is 25.3 Å². The number of amides is 1. The van der Waals surface area contributed by atoms with Gasteiger partial charge in [-0.3, -0.25) is 4.79 Å². The minimum Gasteiger partial charge on any atom is -0.462 e. The van der Waals surface area contributed by atoms with E-state index in [2.05, 4.69) is 10.6 Å². The number of carbonyl (C=O) groups is 2. The summed E-state index contributed by atoms with van der Waals surface area (Å²) in [6.07, 6.45) is 1.85. The maximum atomic E-state index is 11.8. The lowest BCUT2D eigenvalue weighted by Gasteiger charge is -2.13. The Morgan fingerprint density at radius 2 is 1.91 bits per heavy atom. The molecule has 1 aromatic rings. The van der Waals surface area contributed by atoms with Crippen LogP contribution in [-0.2, 0) is 14.3 Å². The molecule has 6 nitrogen and oxygen atoms in total. The van der Waals surface area contributed by atoms with Crippen molar-refractivity contribution >= 4 is 17.6 Å². The van der Waals surface area contributed by atoms with E-state index in [1.165, 1.54) is 0 Å². The van der Waals surface area contributed by atoms with E-state index in [9.17, 15) is 9.59 Å². The van der Waals surface area contributed by atoms with Gasteiger partial charge in [-0.05, 0) is 37.6 Å². The van der Waals surface area contributed by atoms with Crippen LogP contribution in [0.5, 0.6) is 0 Å². The molecule has 0 aliphatic rings. The Morgan fingerprint density at radius 1 is 1.22 bits per heavy atom. The Kier molecular flexibility index (Phi) is 8.75. The van der Waals surface area contributed by atoms with E-state index < -0.39 is 0 Å². The van der Waals surface area contributed by atoms with E-state index in [-0.39, 0.29) is 24.5 Å². The van der Waals surface area contributed by atoms with Crippen LogP contribution in [0, 0.1) is 0 Å². The number of ether oxygens (including phenoxy) is 2. The molecular weight excluding hydrogens is 296 g/mol. The summed E-state index contributed by atoms with van der Waals surface area (Å²) >= 11 is 0. The quantitative estimate of drug-likeness (QED) is 0.510. The topological polar surface area (TPSA) is 76.7 Å². The van der Waals surface area contributed by atoms with Crippen LogP contribution in [0.4, 0.5) is 5.69 Å². The van der Waals surface area contributed by atoms with Gasteiger partial charge >= 0.3 is 5.97 Å². The molecule has 0 saturated carbocycles. The molecule has 0 aromatic heterocycles. The number of methoxy groups -OCH3 is 1. The third kappa shape index (κ3) is 7.65. The van der Waals surface area contributed by atoms with Crippen molar-refractivity contribution in [3.63, 3.8) is 0 Å². The minimum absolute atomic E-state index is 0.0328. The fraction of sp³-hybridized carbons (Fsp3) is 0.529. The van der Waals surface area contributed by atoms with E-state index in [4.69, 9.17) is 9.47 Å². The summed E-state index contributed by atoms with van der Waals surface area (Å²) in [5, 5.41) is 5.81. The second-order valence-corrected chi connectivity index (χ2v) is 5.34. The molecule has 0 bridgehead atoms. The number of esters is 1. The monoisotopic (exact) mass is 322 g/mol. The molecule has 0 spiro atoms. The number of carbonyl (C=O) groups excluding carboxylic acids is 2. The number of rotatable bonds is 10. The van der Waals surface area contributed by atoms with Crippen LogP contribution >= 0.6 is 0 Å². The van der Waals surface area contributed by atoms with Gasteiger partial charge in [0, 0.05) is 18.8 Å². The highest BCUT2D eigenvalue weighted by Gasteiger charge is 2.08. The van der Waals surface area contributed by atoms with Crippen LogP contribution in [-0.4, -0.2) is 44.8 Å². The summed E-state index contributed by atoms with van der Waals surface area (Å²) in [6.45, 7) is 4.99. The predicted octanol–water partition coefficient (Wildman–Crippen LogP) is 2.21. The third-order valence-corrected chi connectivity index (χ3v) is 3.13. The second kappa shape index (κ2) is 10.6. The van der Waals surface area contributed by atoms with Crippen LogP contribution in [0.3, 0.4) is 0 Å². The largest absolute Gasteiger partial charge is 0.462 e. The molecule has 0 aliphatic carbocycles. The molecule has 0 radical (unpaired) electrons. The molecule has 23 heavy (non-hydrogen) atoms. The molecule has 128 valence electrons. The van der Waals surface area contributed by atoms with Crippen LogP contribution in [0.15, 0.2) is 24.3 Å². The molecule has 1 amide bonds. The zero-order valence-electron chi connectivity index (χ0n) is 14.1. The molecule has 0 heterocycles. The van der Waals surface area contributed by atoms with Crippen LogP contribution in [0.25, 0.3) is 0 Å².